The number of carbonyl (C=O) groups excluding carboxylic acids is 3. The maximum atomic E-state index is 13.5. The molecule has 0 aliphatic carbocycles. The summed E-state index contributed by atoms with van der Waals surface area (Å²) >= 11 is 0. The number of rotatable bonds is 8. The van der Waals surface area contributed by atoms with Crippen LogP contribution in [-0.2, 0) is 20.9 Å². The molecule has 5 aromatic rings. The minimum atomic E-state index is -0.270. The lowest BCUT2D eigenvalue weighted by Gasteiger charge is -2.49. The van der Waals surface area contributed by atoms with Crippen molar-refractivity contribution in [1.29, 1.82) is 0 Å². The number of ether oxygens (including phenoxy) is 1. The second-order valence-electron chi connectivity index (χ2n) is 15.1. The number of hydrogen-bond acceptors (Lipinski definition) is 12. The number of carbonyl (C=O) groups is 3. The monoisotopic (exact) mass is 755 g/mol. The predicted molar refractivity (Wildman–Crippen MR) is 212 cm³/mol. The van der Waals surface area contributed by atoms with Crippen molar-refractivity contribution >= 4 is 51.6 Å². The van der Waals surface area contributed by atoms with Crippen LogP contribution in [0.15, 0.2) is 54.9 Å². The number of aromatic nitrogens is 5. The standard InChI is InChI=1S/C41H45N11O4/c1-24-33(20-43-40-37(24)42-12-17-56-40)28-4-5-29-19-44-41(45-34(29)18-28)47-38-25(2)48-52(26(38)3)23-36(54)50-15-13-49(14-16-50)31-21-51(22-31)30-8-6-27(7-9-30)32-10-11-35(53)46-39(32)55/h4-9,18-20,31-32,42H,10-17,21-23H2,1-3H3,(H,44,45,47)(H,46,53,55). The molecule has 3 aromatic heterocycles. The van der Waals surface area contributed by atoms with Gasteiger partial charge < -0.3 is 25.2 Å². The second-order valence-corrected chi connectivity index (χ2v) is 15.1. The lowest BCUT2D eigenvalue weighted by molar-refractivity contribution is -0.135. The number of anilines is 4. The molecular formula is C41H45N11O4. The number of hydrogen-bond donors (Lipinski definition) is 3. The van der Waals surface area contributed by atoms with Gasteiger partial charge in [-0.15, -0.1) is 0 Å². The van der Waals surface area contributed by atoms with Gasteiger partial charge in [0.2, 0.25) is 29.5 Å². The minimum Gasteiger partial charge on any atom is -0.474 e. The molecule has 288 valence electrons. The number of piperazine rings is 1. The number of nitrogens with one attached hydrogen (secondary N) is 3. The van der Waals surface area contributed by atoms with Gasteiger partial charge in [-0.3, -0.25) is 29.3 Å². The van der Waals surface area contributed by atoms with Crippen molar-refractivity contribution in [2.24, 2.45) is 0 Å². The molecule has 0 spiro atoms. The normalized spacial score (nSPS) is 18.9. The van der Waals surface area contributed by atoms with Gasteiger partial charge in [0.15, 0.2) is 0 Å². The third-order valence-electron chi connectivity index (χ3n) is 11.7. The number of piperidine rings is 1. The van der Waals surface area contributed by atoms with Crippen molar-refractivity contribution in [1.82, 2.24) is 39.8 Å². The van der Waals surface area contributed by atoms with Crippen LogP contribution in [0.1, 0.15) is 41.3 Å². The highest BCUT2D eigenvalue weighted by molar-refractivity contribution is 6.01. The summed E-state index contributed by atoms with van der Waals surface area (Å²) in [7, 11) is 0. The highest BCUT2D eigenvalue weighted by Gasteiger charge is 2.35. The Morgan fingerprint density at radius 2 is 1.79 bits per heavy atom. The Kier molecular flexibility index (Phi) is 9.24. The van der Waals surface area contributed by atoms with E-state index in [0.717, 1.165) is 94.3 Å². The molecule has 9 rings (SSSR count). The van der Waals surface area contributed by atoms with E-state index in [1.165, 1.54) is 0 Å². The first-order chi connectivity index (χ1) is 27.2. The number of benzene rings is 2. The fourth-order valence-electron chi connectivity index (χ4n) is 8.30. The Morgan fingerprint density at radius 1 is 0.982 bits per heavy atom. The van der Waals surface area contributed by atoms with E-state index in [2.05, 4.69) is 66.9 Å². The largest absolute Gasteiger partial charge is 0.474 e. The SMILES string of the molecule is Cc1nn(CC(=O)N2CCN(C3CN(c4ccc(C5CCC(=O)NC5=O)cc4)C3)CC2)c(C)c1Nc1ncc2ccc(-c3cnc4c(c3C)NCCO4)cc2n1. The van der Waals surface area contributed by atoms with Crippen LogP contribution in [0.2, 0.25) is 0 Å². The molecule has 3 saturated heterocycles. The Morgan fingerprint density at radius 3 is 2.57 bits per heavy atom. The molecule has 1 unspecified atom stereocenters. The molecule has 3 N–H and O–H groups in total. The minimum absolute atomic E-state index is 0.0522. The zero-order valence-corrected chi connectivity index (χ0v) is 31.8. The van der Waals surface area contributed by atoms with Crippen molar-refractivity contribution < 1.29 is 19.1 Å². The van der Waals surface area contributed by atoms with Crippen LogP contribution < -0.4 is 25.6 Å². The molecule has 3 fully saturated rings. The summed E-state index contributed by atoms with van der Waals surface area (Å²) in [6, 6.07) is 14.7. The van der Waals surface area contributed by atoms with Crippen LogP contribution in [0.3, 0.4) is 0 Å². The van der Waals surface area contributed by atoms with Gasteiger partial charge in [-0.1, -0.05) is 24.3 Å². The summed E-state index contributed by atoms with van der Waals surface area (Å²) in [5.41, 5.74) is 9.31. The number of pyridine rings is 1. The van der Waals surface area contributed by atoms with E-state index in [0.29, 0.717) is 50.4 Å². The topological polar surface area (TPSA) is 163 Å². The van der Waals surface area contributed by atoms with Crippen LogP contribution in [0.5, 0.6) is 5.88 Å². The Labute approximate surface area is 324 Å². The van der Waals surface area contributed by atoms with E-state index < -0.39 is 0 Å². The van der Waals surface area contributed by atoms with Crippen LogP contribution in [0.4, 0.5) is 23.0 Å². The first kappa shape index (κ1) is 35.6. The second kappa shape index (κ2) is 14.5. The van der Waals surface area contributed by atoms with E-state index >= 15 is 0 Å². The summed E-state index contributed by atoms with van der Waals surface area (Å²) in [5, 5.41) is 14.9. The first-order valence-corrected chi connectivity index (χ1v) is 19.3. The number of nitrogens with zero attached hydrogens (tertiary/aromatic N) is 8. The van der Waals surface area contributed by atoms with Gasteiger partial charge in [-0.2, -0.15) is 5.10 Å². The summed E-state index contributed by atoms with van der Waals surface area (Å²) in [4.78, 5) is 58.0. The van der Waals surface area contributed by atoms with Crippen LogP contribution in [-0.4, -0.2) is 111 Å². The first-order valence-electron chi connectivity index (χ1n) is 19.3. The smallest absolute Gasteiger partial charge is 0.244 e. The average Bonchev–Trinajstić information content (AvgIpc) is 3.45. The van der Waals surface area contributed by atoms with Crippen LogP contribution in [0, 0.1) is 20.8 Å². The lowest BCUT2D eigenvalue weighted by Crippen LogP contribution is -2.63. The molecule has 1 atom stereocenters. The van der Waals surface area contributed by atoms with Crippen molar-refractivity contribution in [3.63, 3.8) is 0 Å². The number of amides is 3. The van der Waals surface area contributed by atoms with E-state index in [1.54, 1.807) is 4.68 Å². The van der Waals surface area contributed by atoms with Crippen molar-refractivity contribution in [2.75, 3.05) is 68.0 Å². The van der Waals surface area contributed by atoms with E-state index in [-0.39, 0.29) is 30.2 Å². The molecular weight excluding hydrogens is 711 g/mol. The highest BCUT2D eigenvalue weighted by Crippen LogP contribution is 2.36. The third kappa shape index (κ3) is 6.76. The van der Waals surface area contributed by atoms with Crippen LogP contribution >= 0.6 is 0 Å². The zero-order chi connectivity index (χ0) is 38.5. The quantitative estimate of drug-likeness (QED) is 0.196. The Balaban J connectivity index is 0.788. The van der Waals surface area contributed by atoms with Gasteiger partial charge in [0.1, 0.15) is 18.8 Å². The number of aryl methyl sites for hydroxylation is 1. The zero-order valence-electron chi connectivity index (χ0n) is 31.8. The van der Waals surface area contributed by atoms with Gasteiger partial charge in [0.25, 0.3) is 0 Å². The van der Waals surface area contributed by atoms with Gasteiger partial charge >= 0.3 is 0 Å². The molecule has 2 aromatic carbocycles. The average molecular weight is 756 g/mol. The third-order valence-corrected chi connectivity index (χ3v) is 11.7. The predicted octanol–water partition coefficient (Wildman–Crippen LogP) is 3.91. The van der Waals surface area contributed by atoms with Gasteiger partial charge in [0, 0.05) is 87.3 Å². The lowest BCUT2D eigenvalue weighted by atomic mass is 9.90. The van der Waals surface area contributed by atoms with Crippen LogP contribution in [0.25, 0.3) is 22.0 Å². The van der Waals surface area contributed by atoms with Gasteiger partial charge in [-0.25, -0.2) is 15.0 Å². The number of imide groups is 1. The Hall–Kier alpha value is -6.09. The summed E-state index contributed by atoms with van der Waals surface area (Å²) in [6.45, 7) is 12.3. The summed E-state index contributed by atoms with van der Waals surface area (Å²) in [5.74, 6) is 0.467. The fraction of sp³-hybridized carbons (Fsp3) is 0.390. The van der Waals surface area contributed by atoms with Crippen molar-refractivity contribution in [3.8, 4) is 17.0 Å². The maximum Gasteiger partial charge on any atom is 0.244 e. The molecule has 15 heteroatoms. The van der Waals surface area contributed by atoms with E-state index in [1.807, 2.05) is 49.3 Å². The van der Waals surface area contributed by atoms with Crippen molar-refractivity contribution in [3.05, 3.63) is 77.4 Å². The molecule has 7 heterocycles. The number of fused-ring (bicyclic) bond motifs is 2. The van der Waals surface area contributed by atoms with Gasteiger partial charge in [-0.05, 0) is 62.1 Å². The van der Waals surface area contributed by atoms with Gasteiger partial charge in [0.05, 0.1) is 28.5 Å². The van der Waals surface area contributed by atoms with Crippen molar-refractivity contribution in [2.45, 2.75) is 52.1 Å². The molecule has 56 heavy (non-hydrogen) atoms. The van der Waals surface area contributed by atoms with E-state index in [9.17, 15) is 14.4 Å². The maximum absolute atomic E-state index is 13.5. The molecule has 4 aliphatic heterocycles. The fourth-order valence-corrected chi connectivity index (χ4v) is 8.30. The molecule has 0 radical (unpaired) electrons. The molecule has 3 amide bonds. The molecule has 4 aliphatic rings. The highest BCUT2D eigenvalue weighted by atomic mass is 16.5. The molecule has 0 saturated carbocycles. The summed E-state index contributed by atoms with van der Waals surface area (Å²) in [6.07, 6.45) is 4.59. The molecule has 0 bridgehead atoms. The Bertz CT molecular complexity index is 2350. The van der Waals surface area contributed by atoms with E-state index in [4.69, 9.17) is 14.8 Å². The molecule has 15 nitrogen and oxygen atoms in total. The summed E-state index contributed by atoms with van der Waals surface area (Å²) < 4.78 is 7.48.